The van der Waals surface area contributed by atoms with Crippen LogP contribution in [0.25, 0.3) is 0 Å². The number of pyridine rings is 1. The molecule has 0 radical (unpaired) electrons. The average molecular weight is 473 g/mol. The Morgan fingerprint density at radius 2 is 2.06 bits per heavy atom. The molecular weight excluding hydrogens is 444 g/mol. The van der Waals surface area contributed by atoms with Crippen molar-refractivity contribution >= 4 is 40.4 Å². The number of hydrogen-bond acceptors (Lipinski definition) is 5. The highest BCUT2D eigenvalue weighted by atomic mass is 35.5. The van der Waals surface area contributed by atoms with Crippen LogP contribution in [0.1, 0.15) is 65.2 Å². The SMILES string of the molecule is Cc1ncc(Cl)cc1NCc1ccc(C(=O)N[C@@H](CC2CC3(CC3)C2)C(=O)NC2CC2)s1. The van der Waals surface area contributed by atoms with E-state index in [2.05, 4.69) is 20.9 Å². The summed E-state index contributed by atoms with van der Waals surface area (Å²) in [7, 11) is 0. The third-order valence-corrected chi connectivity index (χ3v) is 8.20. The zero-order valence-electron chi connectivity index (χ0n) is 18.2. The highest BCUT2D eigenvalue weighted by Gasteiger charge is 2.53. The third kappa shape index (κ3) is 5.09. The molecule has 0 unspecified atom stereocenters. The Kier molecular flexibility index (Phi) is 5.88. The van der Waals surface area contributed by atoms with E-state index < -0.39 is 6.04 Å². The molecular formula is C24H29ClN4O2S. The van der Waals surface area contributed by atoms with Gasteiger partial charge in [-0.15, -0.1) is 11.3 Å². The lowest BCUT2D eigenvalue weighted by molar-refractivity contribution is -0.123. The fraction of sp³-hybridized carbons (Fsp3) is 0.542. The Hall–Kier alpha value is -2.12. The Bertz CT molecular complexity index is 1020. The standard InChI is InChI=1S/C24H29ClN4O2S/c1-14-19(9-16(25)12-26-14)27-13-18-4-5-21(32-18)23(31)29-20(22(30)28-17-2-3-17)8-15-10-24(11-15)6-7-24/h4-5,9,12,15,17,20,27H,2-3,6-8,10-11,13H2,1H3,(H,28,30)(H,29,31)/t20-/m0/s1. The van der Waals surface area contributed by atoms with Gasteiger partial charge in [0, 0.05) is 23.7 Å². The summed E-state index contributed by atoms with van der Waals surface area (Å²) in [4.78, 5) is 31.6. The van der Waals surface area contributed by atoms with Crippen molar-refractivity contribution in [2.45, 2.75) is 70.5 Å². The van der Waals surface area contributed by atoms with Crippen molar-refractivity contribution in [1.29, 1.82) is 0 Å². The van der Waals surface area contributed by atoms with E-state index in [-0.39, 0.29) is 11.8 Å². The molecule has 2 aromatic heterocycles. The van der Waals surface area contributed by atoms with Gasteiger partial charge in [-0.2, -0.15) is 0 Å². The lowest BCUT2D eigenvalue weighted by Gasteiger charge is -2.37. The summed E-state index contributed by atoms with van der Waals surface area (Å²) in [5.41, 5.74) is 2.35. The van der Waals surface area contributed by atoms with E-state index in [1.165, 1.54) is 37.0 Å². The maximum atomic E-state index is 12.9. The molecule has 0 aromatic carbocycles. The summed E-state index contributed by atoms with van der Waals surface area (Å²) < 4.78 is 0. The predicted molar refractivity (Wildman–Crippen MR) is 127 cm³/mol. The molecule has 3 aliphatic carbocycles. The lowest BCUT2D eigenvalue weighted by atomic mass is 9.69. The number of amides is 2. The van der Waals surface area contributed by atoms with Crippen LogP contribution in [0.4, 0.5) is 5.69 Å². The van der Waals surface area contributed by atoms with E-state index in [9.17, 15) is 9.59 Å². The van der Waals surface area contributed by atoms with E-state index in [1.54, 1.807) is 6.20 Å². The molecule has 1 atom stereocenters. The number of nitrogens with zero attached hydrogens (tertiary/aromatic N) is 1. The number of carbonyl (C=O) groups excluding carboxylic acids is 2. The Morgan fingerprint density at radius 3 is 2.78 bits per heavy atom. The van der Waals surface area contributed by atoms with Crippen LogP contribution < -0.4 is 16.0 Å². The molecule has 0 aliphatic heterocycles. The van der Waals surface area contributed by atoms with Gasteiger partial charge in [-0.3, -0.25) is 14.6 Å². The van der Waals surface area contributed by atoms with Crippen molar-refractivity contribution in [3.05, 3.63) is 44.9 Å². The van der Waals surface area contributed by atoms with Crippen LogP contribution >= 0.6 is 22.9 Å². The Morgan fingerprint density at radius 1 is 1.28 bits per heavy atom. The molecule has 3 N–H and O–H groups in total. The van der Waals surface area contributed by atoms with Gasteiger partial charge in [-0.25, -0.2) is 0 Å². The maximum Gasteiger partial charge on any atom is 0.262 e. The first-order valence-corrected chi connectivity index (χ1v) is 12.6. The van der Waals surface area contributed by atoms with Crippen molar-refractivity contribution in [2.75, 3.05) is 5.32 Å². The first-order chi connectivity index (χ1) is 15.4. The van der Waals surface area contributed by atoms with Crippen molar-refractivity contribution in [3.63, 3.8) is 0 Å². The number of halogens is 1. The minimum atomic E-state index is -0.451. The lowest BCUT2D eigenvalue weighted by Crippen LogP contribution is -2.49. The summed E-state index contributed by atoms with van der Waals surface area (Å²) in [6.45, 7) is 2.50. The summed E-state index contributed by atoms with van der Waals surface area (Å²) in [6.07, 6.45) is 9.55. The number of aryl methyl sites for hydroxylation is 1. The van der Waals surface area contributed by atoms with Crippen molar-refractivity contribution in [1.82, 2.24) is 15.6 Å². The summed E-state index contributed by atoms with van der Waals surface area (Å²) in [5.74, 6) is 0.351. The molecule has 0 saturated heterocycles. The van der Waals surface area contributed by atoms with Crippen LogP contribution in [-0.4, -0.2) is 28.9 Å². The van der Waals surface area contributed by atoms with E-state index in [1.807, 2.05) is 25.1 Å². The molecule has 0 bridgehead atoms. The van der Waals surface area contributed by atoms with Gasteiger partial charge in [-0.05, 0) is 81.4 Å². The molecule has 6 nitrogen and oxygen atoms in total. The number of rotatable bonds is 9. The number of anilines is 1. The summed E-state index contributed by atoms with van der Waals surface area (Å²) in [6, 6.07) is 5.47. The minimum Gasteiger partial charge on any atom is -0.379 e. The molecule has 8 heteroatoms. The third-order valence-electron chi connectivity index (χ3n) is 6.91. The monoisotopic (exact) mass is 472 g/mol. The van der Waals surface area contributed by atoms with Gasteiger partial charge < -0.3 is 16.0 Å². The highest BCUT2D eigenvalue weighted by Crippen LogP contribution is 2.64. The number of aromatic nitrogens is 1. The van der Waals surface area contributed by atoms with E-state index in [4.69, 9.17) is 11.6 Å². The van der Waals surface area contributed by atoms with Crippen molar-refractivity contribution in [3.8, 4) is 0 Å². The normalized spacial score (nSPS) is 19.8. The van der Waals surface area contributed by atoms with Crippen LogP contribution in [0.5, 0.6) is 0 Å². The molecule has 3 fully saturated rings. The first kappa shape index (κ1) is 21.7. The zero-order valence-corrected chi connectivity index (χ0v) is 19.8. The molecule has 32 heavy (non-hydrogen) atoms. The molecule has 2 aromatic rings. The van der Waals surface area contributed by atoms with Gasteiger partial charge in [0.05, 0.1) is 21.3 Å². The van der Waals surface area contributed by atoms with Gasteiger partial charge in [0.1, 0.15) is 6.04 Å². The summed E-state index contributed by atoms with van der Waals surface area (Å²) >= 11 is 7.48. The van der Waals surface area contributed by atoms with E-state index in [0.29, 0.717) is 33.8 Å². The predicted octanol–water partition coefficient (Wildman–Crippen LogP) is 4.67. The van der Waals surface area contributed by atoms with Gasteiger partial charge in [-0.1, -0.05) is 11.6 Å². The Labute approximate surface area is 197 Å². The van der Waals surface area contributed by atoms with Crippen molar-refractivity contribution < 1.29 is 9.59 Å². The van der Waals surface area contributed by atoms with Crippen LogP contribution in [0.15, 0.2) is 24.4 Å². The molecule has 1 spiro atoms. The fourth-order valence-corrected chi connectivity index (χ4v) is 5.71. The fourth-order valence-electron chi connectivity index (χ4n) is 4.70. The van der Waals surface area contributed by atoms with Gasteiger partial charge in [0.25, 0.3) is 5.91 Å². The molecule has 170 valence electrons. The number of hydrogen-bond donors (Lipinski definition) is 3. The second-order valence-corrected chi connectivity index (χ2v) is 11.3. The second kappa shape index (κ2) is 8.67. The molecule has 2 heterocycles. The molecule has 3 aliphatic rings. The quantitative estimate of drug-likeness (QED) is 0.495. The van der Waals surface area contributed by atoms with Gasteiger partial charge >= 0.3 is 0 Å². The first-order valence-electron chi connectivity index (χ1n) is 11.5. The van der Waals surface area contributed by atoms with Crippen LogP contribution in [-0.2, 0) is 11.3 Å². The van der Waals surface area contributed by atoms with Crippen LogP contribution in [0.3, 0.4) is 0 Å². The second-order valence-electron chi connectivity index (χ2n) is 9.72. The van der Waals surface area contributed by atoms with Crippen LogP contribution in [0, 0.1) is 18.3 Å². The average Bonchev–Trinajstić information content (AvgIpc) is 3.66. The molecule has 3 saturated carbocycles. The highest BCUT2D eigenvalue weighted by molar-refractivity contribution is 7.14. The number of carbonyl (C=O) groups is 2. The van der Waals surface area contributed by atoms with Gasteiger partial charge in [0.2, 0.25) is 5.91 Å². The maximum absolute atomic E-state index is 12.9. The van der Waals surface area contributed by atoms with E-state index >= 15 is 0 Å². The number of nitrogens with one attached hydrogen (secondary N) is 3. The smallest absolute Gasteiger partial charge is 0.262 e. The van der Waals surface area contributed by atoms with Crippen molar-refractivity contribution in [2.24, 2.45) is 11.3 Å². The number of thiophene rings is 1. The van der Waals surface area contributed by atoms with Crippen LogP contribution in [0.2, 0.25) is 5.02 Å². The molecule has 5 rings (SSSR count). The summed E-state index contributed by atoms with van der Waals surface area (Å²) in [5, 5.41) is 10.0. The van der Waals surface area contributed by atoms with Gasteiger partial charge in [0.15, 0.2) is 0 Å². The topological polar surface area (TPSA) is 83.1 Å². The minimum absolute atomic E-state index is 0.0278. The Balaban J connectivity index is 1.18. The largest absolute Gasteiger partial charge is 0.379 e. The molecule has 2 amide bonds. The van der Waals surface area contributed by atoms with E-state index in [0.717, 1.165) is 35.5 Å². The zero-order chi connectivity index (χ0) is 22.3.